The van der Waals surface area contributed by atoms with Crippen molar-refractivity contribution in [2.75, 3.05) is 13.1 Å². The van der Waals surface area contributed by atoms with Crippen molar-refractivity contribution in [3.63, 3.8) is 0 Å². The fourth-order valence-electron chi connectivity index (χ4n) is 3.76. The molecule has 2 aliphatic rings. The van der Waals surface area contributed by atoms with Crippen molar-refractivity contribution in [2.24, 2.45) is 5.92 Å². The van der Waals surface area contributed by atoms with Crippen LogP contribution in [-0.4, -0.2) is 29.9 Å². The number of hydrogen-bond donors (Lipinski definition) is 2. The van der Waals surface area contributed by atoms with Crippen LogP contribution in [0.3, 0.4) is 0 Å². The Morgan fingerprint density at radius 2 is 1.79 bits per heavy atom. The van der Waals surface area contributed by atoms with Crippen molar-refractivity contribution in [3.05, 3.63) is 77.0 Å². The van der Waals surface area contributed by atoms with E-state index in [-0.39, 0.29) is 11.9 Å². The van der Waals surface area contributed by atoms with E-state index in [1.807, 2.05) is 54.6 Å². The number of amides is 3. The molecule has 0 aromatic heterocycles. The highest BCUT2D eigenvalue weighted by Crippen LogP contribution is 2.33. The highest BCUT2D eigenvalue weighted by Gasteiger charge is 2.40. The molecule has 0 radical (unpaired) electrons. The predicted octanol–water partition coefficient (Wildman–Crippen LogP) is 3.37. The molecule has 6 heteroatoms. The summed E-state index contributed by atoms with van der Waals surface area (Å²) in [7, 11) is 0. The molecule has 1 atom stereocenters. The highest BCUT2D eigenvalue weighted by atomic mass is 16.5. The minimum absolute atomic E-state index is 0.0180. The van der Waals surface area contributed by atoms with Crippen molar-refractivity contribution < 1.29 is 14.3 Å². The number of nitrogens with one attached hydrogen (secondary N) is 2. The zero-order valence-corrected chi connectivity index (χ0v) is 16.6. The number of carbonyl (C=O) groups excluding carboxylic acids is 2. The summed E-state index contributed by atoms with van der Waals surface area (Å²) in [5, 5.41) is 5.69. The lowest BCUT2D eigenvalue weighted by Crippen LogP contribution is -2.44. The maximum atomic E-state index is 12.9. The third-order valence-corrected chi connectivity index (χ3v) is 5.07. The summed E-state index contributed by atoms with van der Waals surface area (Å²) in [5.41, 5.74) is 3.29. The van der Waals surface area contributed by atoms with E-state index < -0.39 is 6.04 Å². The van der Waals surface area contributed by atoms with E-state index in [2.05, 4.69) is 24.5 Å². The Balaban J connectivity index is 1.50. The van der Waals surface area contributed by atoms with Gasteiger partial charge >= 0.3 is 6.03 Å². The Labute approximate surface area is 170 Å². The molecule has 0 fully saturated rings. The molecule has 2 aromatic carbocycles. The summed E-state index contributed by atoms with van der Waals surface area (Å²) in [6.45, 7) is 5.76. The number of hydrogen-bond acceptors (Lipinski definition) is 3. The van der Waals surface area contributed by atoms with Crippen molar-refractivity contribution in [1.29, 1.82) is 0 Å². The molecule has 4 rings (SSSR count). The summed E-state index contributed by atoms with van der Waals surface area (Å²) in [5.74, 6) is 1.09. The number of benzene rings is 2. The van der Waals surface area contributed by atoms with Crippen molar-refractivity contribution >= 4 is 11.9 Å². The lowest BCUT2D eigenvalue weighted by atomic mass is 9.96. The fourth-order valence-corrected chi connectivity index (χ4v) is 3.76. The molecule has 0 spiro atoms. The molecule has 2 N–H and O–H groups in total. The van der Waals surface area contributed by atoms with Gasteiger partial charge in [0.25, 0.3) is 5.91 Å². The third-order valence-electron chi connectivity index (χ3n) is 5.07. The zero-order chi connectivity index (χ0) is 20.4. The van der Waals surface area contributed by atoms with Crippen LogP contribution in [0.4, 0.5) is 4.79 Å². The van der Waals surface area contributed by atoms with Crippen LogP contribution in [-0.2, 0) is 11.4 Å². The molecular weight excluding hydrogens is 366 g/mol. The second-order valence-electron chi connectivity index (χ2n) is 7.85. The first-order valence-electron chi connectivity index (χ1n) is 9.88. The number of carbonyl (C=O) groups is 2. The molecule has 150 valence electrons. The molecule has 2 aliphatic heterocycles. The van der Waals surface area contributed by atoms with Crippen molar-refractivity contribution in [1.82, 2.24) is 15.5 Å². The first-order chi connectivity index (χ1) is 14.0. The van der Waals surface area contributed by atoms with Crippen LogP contribution in [0.25, 0.3) is 0 Å². The largest absolute Gasteiger partial charge is 0.489 e. The maximum Gasteiger partial charge on any atom is 0.319 e. The number of rotatable bonds is 6. The van der Waals surface area contributed by atoms with E-state index in [4.69, 9.17) is 4.74 Å². The maximum absolute atomic E-state index is 12.9. The van der Waals surface area contributed by atoms with Gasteiger partial charge in [0.2, 0.25) is 0 Å². The molecule has 0 saturated heterocycles. The molecule has 2 aromatic rings. The van der Waals surface area contributed by atoms with Crippen LogP contribution in [0, 0.1) is 5.92 Å². The third kappa shape index (κ3) is 4.11. The average molecular weight is 391 g/mol. The van der Waals surface area contributed by atoms with Crippen LogP contribution in [0.2, 0.25) is 0 Å². The van der Waals surface area contributed by atoms with Crippen molar-refractivity contribution in [2.45, 2.75) is 26.5 Å². The second kappa shape index (κ2) is 7.99. The molecular formula is C23H25N3O3. The summed E-state index contributed by atoms with van der Waals surface area (Å²) in [4.78, 5) is 26.9. The van der Waals surface area contributed by atoms with E-state index in [1.165, 1.54) is 0 Å². The van der Waals surface area contributed by atoms with Crippen LogP contribution in [0.5, 0.6) is 5.75 Å². The van der Waals surface area contributed by atoms with Gasteiger partial charge in [-0.3, -0.25) is 4.79 Å². The minimum atomic E-state index is -0.452. The lowest BCUT2D eigenvalue weighted by Gasteiger charge is -2.25. The minimum Gasteiger partial charge on any atom is -0.489 e. The topological polar surface area (TPSA) is 70.7 Å². The van der Waals surface area contributed by atoms with E-state index >= 15 is 0 Å². The first kappa shape index (κ1) is 19.1. The summed E-state index contributed by atoms with van der Waals surface area (Å²) in [6.07, 6.45) is 0. The Bertz CT molecular complexity index is 936. The molecule has 0 aliphatic carbocycles. The van der Waals surface area contributed by atoms with Crippen LogP contribution >= 0.6 is 0 Å². The van der Waals surface area contributed by atoms with Crippen molar-refractivity contribution in [3.8, 4) is 5.75 Å². The summed E-state index contributed by atoms with van der Waals surface area (Å²) >= 11 is 0. The molecule has 29 heavy (non-hydrogen) atoms. The number of nitrogens with zero attached hydrogens (tertiary/aromatic N) is 1. The fraction of sp³-hybridized carbons (Fsp3) is 0.304. The van der Waals surface area contributed by atoms with E-state index in [9.17, 15) is 9.59 Å². The lowest BCUT2D eigenvalue weighted by molar-refractivity contribution is -0.126. The van der Waals surface area contributed by atoms with Gasteiger partial charge in [0.05, 0.1) is 23.9 Å². The molecule has 0 saturated carbocycles. The monoisotopic (exact) mass is 391 g/mol. The number of urea groups is 1. The van der Waals surface area contributed by atoms with E-state index in [1.54, 1.807) is 4.90 Å². The van der Waals surface area contributed by atoms with Crippen LogP contribution < -0.4 is 15.4 Å². The van der Waals surface area contributed by atoms with Gasteiger partial charge in [0, 0.05) is 6.54 Å². The SMILES string of the molecule is CC(C)CN1CC2=C(C1=O)[C@@H](c1ccc(OCc3ccccc3)cc1)NC(=O)N2. The second-order valence-corrected chi connectivity index (χ2v) is 7.85. The summed E-state index contributed by atoms with van der Waals surface area (Å²) < 4.78 is 5.84. The van der Waals surface area contributed by atoms with Gasteiger partial charge in [-0.05, 0) is 29.2 Å². The highest BCUT2D eigenvalue weighted by molar-refractivity contribution is 6.01. The summed E-state index contributed by atoms with van der Waals surface area (Å²) in [6, 6.07) is 16.8. The van der Waals surface area contributed by atoms with E-state index in [0.717, 1.165) is 16.9 Å². The van der Waals surface area contributed by atoms with Gasteiger partial charge in [-0.1, -0.05) is 56.3 Å². The standard InChI is InChI=1S/C23H25N3O3/c1-15(2)12-26-13-19-20(22(26)27)21(25-23(28)24-19)17-8-10-18(11-9-17)29-14-16-6-4-3-5-7-16/h3-11,15,21H,12-14H2,1-2H3,(H2,24,25,28)/t21-/m1/s1. The van der Waals surface area contributed by atoms with Gasteiger partial charge in [-0.15, -0.1) is 0 Å². The zero-order valence-electron chi connectivity index (χ0n) is 16.6. The van der Waals surface area contributed by atoms with Gasteiger partial charge < -0.3 is 20.3 Å². The predicted molar refractivity (Wildman–Crippen MR) is 110 cm³/mol. The average Bonchev–Trinajstić information content (AvgIpc) is 3.01. The van der Waals surface area contributed by atoms with Crippen LogP contribution in [0.15, 0.2) is 65.9 Å². The van der Waals surface area contributed by atoms with Gasteiger partial charge in [0.15, 0.2) is 0 Å². The molecule has 2 heterocycles. The van der Waals surface area contributed by atoms with E-state index in [0.29, 0.717) is 36.9 Å². The first-order valence-corrected chi connectivity index (χ1v) is 9.88. The van der Waals surface area contributed by atoms with Gasteiger partial charge in [-0.25, -0.2) is 4.79 Å². The Hall–Kier alpha value is -3.28. The molecule has 3 amide bonds. The number of ether oxygens (including phenoxy) is 1. The van der Waals surface area contributed by atoms with Gasteiger partial charge in [-0.2, -0.15) is 0 Å². The van der Waals surface area contributed by atoms with Gasteiger partial charge in [0.1, 0.15) is 12.4 Å². The Morgan fingerprint density at radius 3 is 2.48 bits per heavy atom. The van der Waals surface area contributed by atoms with Crippen LogP contribution in [0.1, 0.15) is 31.0 Å². The normalized spacial score (nSPS) is 18.6. The smallest absolute Gasteiger partial charge is 0.319 e. The molecule has 0 bridgehead atoms. The quantitative estimate of drug-likeness (QED) is 0.793. The molecule has 0 unspecified atom stereocenters. The molecule has 6 nitrogen and oxygen atoms in total. The Morgan fingerprint density at radius 1 is 1.07 bits per heavy atom. The Kier molecular flexibility index (Phi) is 5.25.